The molecule has 0 spiro atoms. The van der Waals surface area contributed by atoms with Gasteiger partial charge in [0.2, 0.25) is 31.0 Å². The van der Waals surface area contributed by atoms with Gasteiger partial charge in [0.15, 0.2) is 35.2 Å². The molecule has 0 saturated heterocycles. The highest BCUT2D eigenvalue weighted by Crippen LogP contribution is 2.39. The van der Waals surface area contributed by atoms with Gasteiger partial charge >= 0.3 is 0 Å². The Morgan fingerprint density at radius 2 is 0.521 bits per heavy atom. The summed E-state index contributed by atoms with van der Waals surface area (Å²) in [5, 5.41) is 0. The van der Waals surface area contributed by atoms with E-state index in [4.69, 9.17) is 0 Å². The van der Waals surface area contributed by atoms with Crippen molar-refractivity contribution >= 4 is 0 Å². The summed E-state index contributed by atoms with van der Waals surface area (Å²) < 4.78 is 21.6. The number of nitrogens with zero attached hydrogens (tertiary/aromatic N) is 15. The second kappa shape index (κ2) is 36.7. The molecule has 10 heterocycles. The van der Waals surface area contributed by atoms with Crippen molar-refractivity contribution in [3.05, 3.63) is 351 Å². The number of aryl methyl sites for hydroxylation is 22. The van der Waals surface area contributed by atoms with Crippen LogP contribution in [0.15, 0.2) is 244 Å². The third-order valence-corrected chi connectivity index (χ3v) is 22.6. The monoisotopic (exact) mass is 1580 g/mol. The quantitative estimate of drug-likeness (QED) is 0.107. The Morgan fingerprint density at radius 3 is 0.849 bits per heavy atom. The van der Waals surface area contributed by atoms with Gasteiger partial charge < -0.3 is 0 Å². The molecule has 0 N–H and O–H groups in total. The summed E-state index contributed by atoms with van der Waals surface area (Å²) in [4.78, 5) is 22.7. The predicted molar refractivity (Wildman–Crippen MR) is 485 cm³/mol. The summed E-state index contributed by atoms with van der Waals surface area (Å²) in [6, 6.07) is 57.6. The van der Waals surface area contributed by atoms with E-state index in [1.807, 2.05) is 38.5 Å². The van der Waals surface area contributed by atoms with Gasteiger partial charge in [-0.15, -0.1) is 46.8 Å². The Labute approximate surface area is 706 Å². The van der Waals surface area contributed by atoms with Crippen LogP contribution in [0, 0.1) is 118 Å². The van der Waals surface area contributed by atoms with Crippen molar-refractivity contribution in [3.63, 3.8) is 0 Å². The molecule has 15 nitrogen and oxygen atoms in total. The lowest BCUT2D eigenvalue weighted by Crippen LogP contribution is -2.37. The molecule has 606 valence electrons. The highest BCUT2D eigenvalue weighted by atomic mass is 15.4. The highest BCUT2D eigenvalue weighted by Gasteiger charge is 2.27. The molecule has 0 bridgehead atoms. The zero-order chi connectivity index (χ0) is 85.5. The van der Waals surface area contributed by atoms with Gasteiger partial charge in [0, 0.05) is 35.5 Å². The van der Waals surface area contributed by atoms with Gasteiger partial charge in [-0.1, -0.05) is 161 Å². The molecule has 119 heavy (non-hydrogen) atoms. The topological polar surface area (TPSA) is 108 Å². The van der Waals surface area contributed by atoms with Crippen molar-refractivity contribution in [2.45, 2.75) is 157 Å². The molecule has 0 aliphatic carbocycles. The number of hydrogen-bond acceptors (Lipinski definition) is 5. The Balaban J connectivity index is 0.000000137. The third kappa shape index (κ3) is 18.6. The molecule has 0 amide bonds. The van der Waals surface area contributed by atoms with Crippen LogP contribution >= 0.6 is 0 Å². The van der Waals surface area contributed by atoms with E-state index in [0.29, 0.717) is 11.8 Å². The van der Waals surface area contributed by atoms with Crippen molar-refractivity contribution < 1.29 is 23.4 Å². The van der Waals surface area contributed by atoms with E-state index >= 15 is 0 Å². The number of benzene rings is 6. The summed E-state index contributed by atoms with van der Waals surface area (Å²) in [5.74, 6) is 0.971. The average molecular weight is 1580 g/mol. The molecule has 16 aromatic rings. The second-order valence-corrected chi connectivity index (χ2v) is 32.8. The molecule has 10 aromatic heterocycles. The zero-order valence-corrected chi connectivity index (χ0v) is 75.0. The lowest BCUT2D eigenvalue weighted by atomic mass is 9.86. The molecule has 0 radical (unpaired) electrons. The van der Waals surface area contributed by atoms with Crippen LogP contribution in [-0.4, -0.2) is 48.3 Å². The van der Waals surface area contributed by atoms with E-state index < -0.39 is 0 Å². The first kappa shape index (κ1) is 85.5. The van der Waals surface area contributed by atoms with Crippen LogP contribution in [0.3, 0.4) is 0 Å². The maximum atomic E-state index is 4.63. The number of aromatic nitrogens is 15. The van der Waals surface area contributed by atoms with Crippen LogP contribution in [0.25, 0.3) is 95.2 Å². The SMILES string of the molecule is Cc1cc(C)c(-n2cc(-c3c(C)cccc3C)c[n+]2C)c(C)n1.Cc1cc(C)c(-n2cc(-c3ccccc3)c[n+]2C)c(C)n1.Cc1cccc(-c2ccccc2)c1-c1cn(-c2c(C)ccnc2C)[n+](C)c1.Cc1cccc(C)c1-c1cn(-c2c(C)ccnc2C)[n+](C)c1.Cc1ccnc(C)c1-n1cc(-c2c(C(C)C)cccc2C(C)C)c[n+]1C. The van der Waals surface area contributed by atoms with E-state index in [2.05, 4.69) is 458 Å². The van der Waals surface area contributed by atoms with Crippen LogP contribution in [0.4, 0.5) is 0 Å². The molecular weight excluding hydrogens is 1460 g/mol. The summed E-state index contributed by atoms with van der Waals surface area (Å²) in [6.45, 7) is 45.1. The van der Waals surface area contributed by atoms with Crippen molar-refractivity contribution in [2.75, 3.05) is 0 Å². The summed E-state index contributed by atoms with van der Waals surface area (Å²) in [5.41, 5.74) is 43.8. The predicted octanol–water partition coefficient (Wildman–Crippen LogP) is 21.0. The van der Waals surface area contributed by atoms with Crippen molar-refractivity contribution in [2.24, 2.45) is 35.2 Å². The van der Waals surface area contributed by atoms with Crippen LogP contribution in [0.2, 0.25) is 0 Å². The number of rotatable bonds is 13. The first-order valence-corrected chi connectivity index (χ1v) is 41.4. The molecule has 0 aliphatic heterocycles. The standard InChI is InChI=1S/C24H24N3.C23H30N3.C20H24N3.C19H22N3.C18H20N3/c1-17-9-8-12-22(20-10-6-5-7-11-20)23(17)21-15-26(4)27(16-21)24-18(2)13-14-25-19(24)3;1-15(2)20-9-8-10-21(16(3)4)22(20)19-13-25(7)26(14-19)23-17(5)11-12-24-18(23)6;1-13-8-7-9-14(2)19(13)18-11-22(6)23(12-18)20-15(3)10-16(4)21-17(20)5;1-13-7-6-8-14(2)18(13)17-11-21(5)22(12-17)19-15(3)9-10-20-16(19)4;1-13-10-14(2)19-15(3)18(13)21-12-17(11-20(21)4)16-8-6-5-7-9-16/h5-16H,1-4H3;8-16H,1-7H3;7-12H,1-6H3;6-12H,1-5H3;5-12H,1-4H3/q5*+1. The van der Waals surface area contributed by atoms with Gasteiger partial charge in [0.25, 0.3) is 0 Å². The van der Waals surface area contributed by atoms with Gasteiger partial charge in [-0.05, 0) is 260 Å². The molecule has 0 unspecified atom stereocenters. The largest absolute Gasteiger partial charge is 0.259 e. The van der Waals surface area contributed by atoms with Gasteiger partial charge in [0.05, 0.1) is 87.3 Å². The summed E-state index contributed by atoms with van der Waals surface area (Å²) in [6.07, 6.45) is 27.6. The molecule has 0 fully saturated rings. The smallest absolute Gasteiger partial charge is 0.203 e. The molecule has 15 heteroatoms. The van der Waals surface area contributed by atoms with E-state index in [-0.39, 0.29) is 0 Å². The van der Waals surface area contributed by atoms with Gasteiger partial charge in [-0.25, -0.2) is 0 Å². The maximum absolute atomic E-state index is 4.63. The minimum atomic E-state index is 0.485. The van der Waals surface area contributed by atoms with Crippen LogP contribution < -0.4 is 23.4 Å². The van der Waals surface area contributed by atoms with E-state index in [0.717, 1.165) is 68.3 Å². The van der Waals surface area contributed by atoms with E-state index in [9.17, 15) is 0 Å². The molecular formula is C104H120N15+5. The van der Waals surface area contributed by atoms with Crippen molar-refractivity contribution in [1.29, 1.82) is 0 Å². The van der Waals surface area contributed by atoms with Crippen LogP contribution in [-0.2, 0) is 35.2 Å². The number of pyridine rings is 5. The second-order valence-electron chi connectivity index (χ2n) is 32.8. The first-order chi connectivity index (χ1) is 56.8. The third-order valence-electron chi connectivity index (χ3n) is 22.6. The van der Waals surface area contributed by atoms with E-state index in [1.54, 1.807) is 0 Å². The lowest BCUT2D eigenvalue weighted by molar-refractivity contribution is -0.744. The Bertz CT molecular complexity index is 6160. The van der Waals surface area contributed by atoms with Crippen LogP contribution in [0.1, 0.15) is 146 Å². The average Bonchev–Trinajstić information content (AvgIpc) is 1.67. The molecule has 0 atom stereocenters. The maximum Gasteiger partial charge on any atom is 0.203 e. The lowest BCUT2D eigenvalue weighted by Gasteiger charge is -2.18. The van der Waals surface area contributed by atoms with Gasteiger partial charge in [0.1, 0.15) is 28.4 Å². The summed E-state index contributed by atoms with van der Waals surface area (Å²) >= 11 is 0. The Morgan fingerprint density at radius 1 is 0.244 bits per heavy atom. The fourth-order valence-electron chi connectivity index (χ4n) is 17.2. The van der Waals surface area contributed by atoms with E-state index in [1.165, 1.54) is 134 Å². The molecule has 0 saturated carbocycles. The molecule has 16 rings (SSSR count). The summed E-state index contributed by atoms with van der Waals surface area (Å²) in [7, 11) is 10.4. The van der Waals surface area contributed by atoms with Gasteiger partial charge in [-0.2, -0.15) is 0 Å². The molecule has 6 aromatic carbocycles. The Kier molecular flexibility index (Phi) is 26.4. The molecule has 0 aliphatic rings. The van der Waals surface area contributed by atoms with Gasteiger partial charge in [-0.3, -0.25) is 24.9 Å². The minimum Gasteiger partial charge on any atom is -0.259 e. The van der Waals surface area contributed by atoms with Crippen molar-refractivity contribution in [1.82, 2.24) is 48.3 Å². The van der Waals surface area contributed by atoms with Crippen molar-refractivity contribution in [3.8, 4) is 95.2 Å². The van der Waals surface area contributed by atoms with Crippen LogP contribution in [0.5, 0.6) is 0 Å². The fraction of sp³-hybridized carbons (Fsp3) is 0.269. The highest BCUT2D eigenvalue weighted by molar-refractivity contribution is 5.85. The first-order valence-electron chi connectivity index (χ1n) is 41.4. The normalized spacial score (nSPS) is 11.1. The number of hydrogen-bond donors (Lipinski definition) is 0. The fourth-order valence-corrected chi connectivity index (χ4v) is 17.2. The Hall–Kier alpha value is -12.9. The zero-order valence-electron chi connectivity index (χ0n) is 75.0. The minimum absolute atomic E-state index is 0.485.